The number of H-pyrrole nitrogens is 1. The van der Waals surface area contributed by atoms with Crippen LogP contribution >= 0.6 is 11.6 Å². The highest BCUT2D eigenvalue weighted by Crippen LogP contribution is 2.19. The van der Waals surface area contributed by atoms with Gasteiger partial charge in [-0.15, -0.1) is 0 Å². The number of rotatable bonds is 6. The molecule has 1 amide bonds. The Morgan fingerprint density at radius 3 is 2.75 bits per heavy atom. The molecule has 24 heavy (non-hydrogen) atoms. The van der Waals surface area contributed by atoms with Gasteiger partial charge in [0.2, 0.25) is 5.56 Å². The average molecular weight is 353 g/mol. The number of benzene rings is 1. The van der Waals surface area contributed by atoms with Gasteiger partial charge >= 0.3 is 0 Å². The number of hydrogen-bond acceptors (Lipinski definition) is 3. The number of amides is 1. The molecular formula is C17H18ClFN2O3. The first kappa shape index (κ1) is 18.2. The number of carbonyl (C=O) groups is 1. The van der Waals surface area contributed by atoms with Gasteiger partial charge in [-0.2, -0.15) is 0 Å². The molecule has 0 aliphatic carbocycles. The highest BCUT2D eigenvalue weighted by Gasteiger charge is 2.13. The highest BCUT2D eigenvalue weighted by atomic mass is 35.5. The number of hydrogen-bond donors (Lipinski definition) is 3. The molecule has 5 nitrogen and oxygen atoms in total. The average Bonchev–Trinajstić information content (AvgIpc) is 2.51. The van der Waals surface area contributed by atoms with E-state index in [-0.39, 0.29) is 28.3 Å². The number of carbonyl (C=O) groups excluding carboxylic acids is 1. The lowest BCUT2D eigenvalue weighted by molar-refractivity contribution is 0.0916. The molecule has 128 valence electrons. The van der Waals surface area contributed by atoms with Crippen LogP contribution in [0.25, 0.3) is 0 Å². The number of aromatic nitrogens is 1. The number of pyridine rings is 1. The van der Waals surface area contributed by atoms with E-state index < -0.39 is 17.8 Å². The largest absolute Gasteiger partial charge is 0.387 e. The summed E-state index contributed by atoms with van der Waals surface area (Å²) >= 11 is 5.74. The Labute approximate surface area is 143 Å². The van der Waals surface area contributed by atoms with Crippen molar-refractivity contribution in [2.24, 2.45) is 0 Å². The van der Waals surface area contributed by atoms with Crippen molar-refractivity contribution in [1.82, 2.24) is 10.3 Å². The van der Waals surface area contributed by atoms with Crippen LogP contribution in [0.3, 0.4) is 0 Å². The van der Waals surface area contributed by atoms with E-state index in [1.54, 1.807) is 6.07 Å². The third-order valence-corrected chi connectivity index (χ3v) is 3.63. The first-order valence-electron chi connectivity index (χ1n) is 7.54. The smallest absolute Gasteiger partial charge is 0.251 e. The lowest BCUT2D eigenvalue weighted by atomic mass is 10.1. The minimum atomic E-state index is -1.11. The molecule has 0 spiro atoms. The summed E-state index contributed by atoms with van der Waals surface area (Å²) in [7, 11) is 0. The number of aromatic amines is 1. The van der Waals surface area contributed by atoms with Gasteiger partial charge in [0.25, 0.3) is 5.91 Å². The summed E-state index contributed by atoms with van der Waals surface area (Å²) in [6.07, 6.45) is 0.375. The zero-order valence-corrected chi connectivity index (χ0v) is 13.9. The standard InChI is InChI=1S/C17H18ClFN2O3/c1-2-3-14-6-11(7-16(23)21-14)17(24)20-9-15(22)10-4-12(18)8-13(19)5-10/h4-8,15,22H,2-3,9H2,1H3,(H,20,24)(H,21,23). The zero-order valence-electron chi connectivity index (χ0n) is 13.1. The van der Waals surface area contributed by atoms with Gasteiger partial charge in [0.1, 0.15) is 5.82 Å². The third kappa shape index (κ3) is 4.91. The van der Waals surface area contributed by atoms with Crippen molar-refractivity contribution in [3.8, 4) is 0 Å². The van der Waals surface area contributed by atoms with Gasteiger partial charge in [-0.25, -0.2) is 4.39 Å². The summed E-state index contributed by atoms with van der Waals surface area (Å²) in [5.74, 6) is -1.05. The molecule has 7 heteroatoms. The van der Waals surface area contributed by atoms with Crippen molar-refractivity contribution < 1.29 is 14.3 Å². The molecule has 0 aliphatic rings. The first-order valence-corrected chi connectivity index (χ1v) is 7.92. The molecule has 1 unspecified atom stereocenters. The van der Waals surface area contributed by atoms with Gasteiger partial charge in [-0.1, -0.05) is 24.9 Å². The van der Waals surface area contributed by atoms with Gasteiger partial charge < -0.3 is 15.4 Å². The van der Waals surface area contributed by atoms with Crippen LogP contribution < -0.4 is 10.9 Å². The van der Waals surface area contributed by atoms with Crippen molar-refractivity contribution in [3.05, 3.63) is 68.3 Å². The van der Waals surface area contributed by atoms with E-state index in [2.05, 4.69) is 10.3 Å². The summed E-state index contributed by atoms with van der Waals surface area (Å²) in [4.78, 5) is 26.4. The fourth-order valence-electron chi connectivity index (χ4n) is 2.31. The maximum Gasteiger partial charge on any atom is 0.251 e. The number of aliphatic hydroxyl groups is 1. The Morgan fingerprint density at radius 1 is 1.33 bits per heavy atom. The maximum atomic E-state index is 13.3. The lowest BCUT2D eigenvalue weighted by Crippen LogP contribution is -2.29. The monoisotopic (exact) mass is 352 g/mol. The van der Waals surface area contributed by atoms with E-state index in [9.17, 15) is 19.1 Å². The lowest BCUT2D eigenvalue weighted by Gasteiger charge is -2.13. The minimum absolute atomic E-state index is 0.130. The molecule has 1 aromatic carbocycles. The van der Waals surface area contributed by atoms with E-state index in [1.807, 2.05) is 6.92 Å². The molecule has 1 aromatic heterocycles. The van der Waals surface area contributed by atoms with E-state index in [1.165, 1.54) is 12.1 Å². The van der Waals surface area contributed by atoms with Gasteiger partial charge in [0.15, 0.2) is 0 Å². The number of nitrogens with one attached hydrogen (secondary N) is 2. The normalized spacial score (nSPS) is 12.0. The molecule has 0 saturated heterocycles. The van der Waals surface area contributed by atoms with Crippen LogP contribution in [0.15, 0.2) is 35.1 Å². The van der Waals surface area contributed by atoms with Gasteiger partial charge in [0.05, 0.1) is 6.10 Å². The Kier molecular flexibility index (Phi) is 6.11. The molecule has 1 atom stereocenters. The van der Waals surface area contributed by atoms with Crippen molar-refractivity contribution in [2.45, 2.75) is 25.9 Å². The summed E-state index contributed by atoms with van der Waals surface area (Å²) in [5.41, 5.74) is 0.792. The predicted molar refractivity (Wildman–Crippen MR) is 89.8 cm³/mol. The molecule has 1 heterocycles. The summed E-state index contributed by atoms with van der Waals surface area (Å²) in [5, 5.41) is 12.7. The second kappa shape index (κ2) is 8.08. The van der Waals surface area contributed by atoms with Crippen molar-refractivity contribution in [2.75, 3.05) is 6.54 Å². The molecule has 3 N–H and O–H groups in total. The van der Waals surface area contributed by atoms with Crippen molar-refractivity contribution in [3.63, 3.8) is 0 Å². The Hall–Kier alpha value is -2.18. The predicted octanol–water partition coefficient (Wildman–Crippen LogP) is 2.58. The van der Waals surface area contributed by atoms with Crippen LogP contribution in [0.4, 0.5) is 4.39 Å². The summed E-state index contributed by atoms with van der Waals surface area (Å²) in [6.45, 7) is 1.83. The van der Waals surface area contributed by atoms with Crippen molar-refractivity contribution >= 4 is 17.5 Å². The highest BCUT2D eigenvalue weighted by molar-refractivity contribution is 6.30. The minimum Gasteiger partial charge on any atom is -0.387 e. The molecule has 0 radical (unpaired) electrons. The van der Waals surface area contributed by atoms with Crippen LogP contribution in [0.2, 0.25) is 5.02 Å². The summed E-state index contributed by atoms with van der Waals surface area (Å²) < 4.78 is 13.3. The van der Waals surface area contributed by atoms with Gasteiger partial charge in [0, 0.05) is 28.9 Å². The second-order valence-electron chi connectivity index (χ2n) is 5.44. The fourth-order valence-corrected chi connectivity index (χ4v) is 2.54. The van der Waals surface area contributed by atoms with Crippen molar-refractivity contribution in [1.29, 1.82) is 0 Å². The number of aliphatic hydroxyl groups excluding tert-OH is 1. The first-order chi connectivity index (χ1) is 11.4. The Morgan fingerprint density at radius 2 is 2.08 bits per heavy atom. The van der Waals surface area contributed by atoms with E-state index in [4.69, 9.17) is 11.6 Å². The molecule has 0 fully saturated rings. The molecule has 2 rings (SSSR count). The Bertz CT molecular complexity index is 771. The maximum absolute atomic E-state index is 13.3. The van der Waals surface area contributed by atoms with E-state index >= 15 is 0 Å². The van der Waals surface area contributed by atoms with E-state index in [0.29, 0.717) is 12.1 Å². The number of aryl methyl sites for hydroxylation is 1. The second-order valence-corrected chi connectivity index (χ2v) is 5.87. The van der Waals surface area contributed by atoms with Gasteiger partial charge in [-0.3, -0.25) is 9.59 Å². The molecule has 0 bridgehead atoms. The Balaban J connectivity index is 2.06. The molecule has 2 aromatic rings. The van der Waals surface area contributed by atoms with Crippen LogP contribution in [0, 0.1) is 5.82 Å². The number of halogens is 2. The van der Waals surface area contributed by atoms with Crippen LogP contribution in [-0.2, 0) is 6.42 Å². The molecule has 0 aliphatic heterocycles. The molecular weight excluding hydrogens is 335 g/mol. The van der Waals surface area contributed by atoms with Crippen LogP contribution in [0.5, 0.6) is 0 Å². The topological polar surface area (TPSA) is 82.2 Å². The fraction of sp³-hybridized carbons (Fsp3) is 0.294. The zero-order chi connectivity index (χ0) is 17.7. The third-order valence-electron chi connectivity index (χ3n) is 3.41. The summed E-state index contributed by atoms with van der Waals surface area (Å²) in [6, 6.07) is 6.50. The van der Waals surface area contributed by atoms with E-state index in [0.717, 1.165) is 18.6 Å². The van der Waals surface area contributed by atoms with Gasteiger partial charge in [-0.05, 0) is 36.2 Å². The quantitative estimate of drug-likeness (QED) is 0.747. The van der Waals surface area contributed by atoms with Crippen LogP contribution in [-0.4, -0.2) is 22.5 Å². The molecule has 0 saturated carbocycles. The van der Waals surface area contributed by atoms with Crippen LogP contribution in [0.1, 0.15) is 41.1 Å². The SMILES string of the molecule is CCCc1cc(C(=O)NCC(O)c2cc(F)cc(Cl)c2)cc(=O)[nH]1.